The van der Waals surface area contributed by atoms with Gasteiger partial charge < -0.3 is 9.88 Å². The van der Waals surface area contributed by atoms with Crippen LogP contribution in [0.5, 0.6) is 0 Å². The van der Waals surface area contributed by atoms with E-state index in [1.165, 1.54) is 0 Å². The number of carbonyl (C=O) groups excluding carboxylic acids is 1. The maximum Gasteiger partial charge on any atom is 0.258 e. The maximum atomic E-state index is 12.5. The smallest absolute Gasteiger partial charge is 0.258 e. The molecule has 1 amide bonds. The number of hydrogen-bond donors (Lipinski definition) is 1. The highest BCUT2D eigenvalue weighted by molar-refractivity contribution is 5.78. The van der Waals surface area contributed by atoms with Crippen LogP contribution >= 0.6 is 0 Å². The van der Waals surface area contributed by atoms with Gasteiger partial charge in [-0.3, -0.25) is 9.59 Å². The molecule has 1 aromatic heterocycles. The van der Waals surface area contributed by atoms with Crippen LogP contribution in [0.3, 0.4) is 0 Å². The molecule has 122 valence electrons. The van der Waals surface area contributed by atoms with E-state index in [1.807, 2.05) is 23.1 Å². The summed E-state index contributed by atoms with van der Waals surface area (Å²) < 4.78 is 0. The largest absolute Gasteiger partial charge is 0.339 e. The second-order valence-electron chi connectivity index (χ2n) is 6.57. The van der Waals surface area contributed by atoms with E-state index in [-0.39, 0.29) is 11.5 Å². The van der Waals surface area contributed by atoms with Gasteiger partial charge in [-0.2, -0.15) is 0 Å². The number of carbonyl (C=O) groups is 1. The lowest BCUT2D eigenvalue weighted by Gasteiger charge is -2.27. The van der Waals surface area contributed by atoms with Crippen molar-refractivity contribution in [2.75, 3.05) is 6.54 Å². The first-order valence-electron chi connectivity index (χ1n) is 8.33. The van der Waals surface area contributed by atoms with Crippen molar-refractivity contribution in [3.63, 3.8) is 0 Å². The third-order valence-electron chi connectivity index (χ3n) is 4.63. The van der Waals surface area contributed by atoms with E-state index < -0.39 is 0 Å². The molecule has 0 aliphatic carbocycles. The van der Waals surface area contributed by atoms with Gasteiger partial charge in [0.1, 0.15) is 5.82 Å². The second-order valence-corrected chi connectivity index (χ2v) is 6.57. The minimum Gasteiger partial charge on any atom is -0.339 e. The zero-order valence-electron chi connectivity index (χ0n) is 13.7. The first kappa shape index (κ1) is 15.7. The Kier molecular flexibility index (Phi) is 4.46. The van der Waals surface area contributed by atoms with Gasteiger partial charge >= 0.3 is 0 Å². The number of fused-ring (bicyclic) bond motifs is 1. The molecule has 1 aliphatic heterocycles. The molecule has 1 atom stereocenters. The minimum atomic E-state index is -0.140. The number of H-pyrrole nitrogens is 1. The van der Waals surface area contributed by atoms with E-state index in [1.54, 1.807) is 6.07 Å². The number of nitrogens with one attached hydrogen (secondary N) is 1. The minimum absolute atomic E-state index is 0.140. The van der Waals surface area contributed by atoms with Gasteiger partial charge in [0.25, 0.3) is 5.56 Å². The van der Waals surface area contributed by atoms with E-state index in [9.17, 15) is 9.59 Å². The number of amides is 1. The van der Waals surface area contributed by atoms with Crippen LogP contribution in [-0.2, 0) is 11.2 Å². The topological polar surface area (TPSA) is 66.1 Å². The summed E-state index contributed by atoms with van der Waals surface area (Å²) in [5.41, 5.74) is 0.541. The summed E-state index contributed by atoms with van der Waals surface area (Å²) in [6, 6.07) is 7.62. The highest BCUT2D eigenvalue weighted by Gasteiger charge is 2.30. The molecule has 1 aromatic carbocycles. The SMILES string of the molecule is CC(C)[C@@H]1CCCN1C(=O)CCc1nc2ccccc2c(=O)[nH]1. The van der Waals surface area contributed by atoms with Crippen LogP contribution in [0.15, 0.2) is 29.1 Å². The van der Waals surface area contributed by atoms with Crippen molar-refractivity contribution >= 4 is 16.8 Å². The molecule has 0 unspecified atom stereocenters. The molecule has 0 radical (unpaired) electrons. The van der Waals surface area contributed by atoms with Gasteiger partial charge in [0.05, 0.1) is 10.9 Å². The number of benzene rings is 1. The number of aromatic nitrogens is 2. The monoisotopic (exact) mass is 313 g/mol. The molecule has 1 fully saturated rings. The van der Waals surface area contributed by atoms with Crippen LogP contribution in [0.2, 0.25) is 0 Å². The summed E-state index contributed by atoms with van der Waals surface area (Å²) >= 11 is 0. The molecule has 0 spiro atoms. The van der Waals surface area contributed by atoms with Gasteiger partial charge in [-0.25, -0.2) is 4.98 Å². The Morgan fingerprint density at radius 3 is 2.96 bits per heavy atom. The summed E-state index contributed by atoms with van der Waals surface area (Å²) in [4.78, 5) is 33.8. The number of likely N-dealkylation sites (tertiary alicyclic amines) is 1. The lowest BCUT2D eigenvalue weighted by molar-refractivity contribution is -0.132. The van der Waals surface area contributed by atoms with Crippen molar-refractivity contribution < 1.29 is 4.79 Å². The molecule has 3 rings (SSSR count). The van der Waals surface area contributed by atoms with Gasteiger partial charge in [0, 0.05) is 25.4 Å². The van der Waals surface area contributed by atoms with E-state index in [2.05, 4.69) is 23.8 Å². The van der Waals surface area contributed by atoms with E-state index in [4.69, 9.17) is 0 Å². The normalized spacial score (nSPS) is 18.0. The lowest BCUT2D eigenvalue weighted by Crippen LogP contribution is -2.38. The Bertz CT molecular complexity index is 766. The number of hydrogen-bond acceptors (Lipinski definition) is 3. The zero-order chi connectivity index (χ0) is 16.4. The average Bonchev–Trinajstić information content (AvgIpc) is 3.02. The van der Waals surface area contributed by atoms with Crippen molar-refractivity contribution in [1.29, 1.82) is 0 Å². The standard InChI is InChI=1S/C18H23N3O2/c1-12(2)15-8-5-11-21(15)17(22)10-9-16-19-14-7-4-3-6-13(14)18(23)20-16/h3-4,6-7,12,15H,5,8-11H2,1-2H3,(H,19,20,23)/t15-/m0/s1. The Morgan fingerprint density at radius 1 is 1.39 bits per heavy atom. The Labute approximate surface area is 135 Å². The maximum absolute atomic E-state index is 12.5. The van der Waals surface area contributed by atoms with Crippen molar-refractivity contribution in [2.45, 2.75) is 45.6 Å². The van der Waals surface area contributed by atoms with Crippen LogP contribution < -0.4 is 5.56 Å². The highest BCUT2D eigenvalue weighted by atomic mass is 16.2. The van der Waals surface area contributed by atoms with E-state index >= 15 is 0 Å². The number of para-hydroxylation sites is 1. The molecular weight excluding hydrogens is 290 g/mol. The fourth-order valence-corrected chi connectivity index (χ4v) is 3.42. The number of aryl methyl sites for hydroxylation is 1. The fraction of sp³-hybridized carbons (Fsp3) is 0.500. The molecule has 0 saturated carbocycles. The Morgan fingerprint density at radius 2 is 2.17 bits per heavy atom. The zero-order valence-corrected chi connectivity index (χ0v) is 13.7. The summed E-state index contributed by atoms with van der Waals surface area (Å²) in [6.45, 7) is 5.18. The predicted molar refractivity (Wildman–Crippen MR) is 90.3 cm³/mol. The third-order valence-corrected chi connectivity index (χ3v) is 4.63. The lowest BCUT2D eigenvalue weighted by atomic mass is 10.0. The van der Waals surface area contributed by atoms with Gasteiger partial charge in [0.15, 0.2) is 0 Å². The number of nitrogens with zero attached hydrogens (tertiary/aromatic N) is 2. The van der Waals surface area contributed by atoms with E-state index in [0.717, 1.165) is 19.4 Å². The molecule has 2 heterocycles. The first-order chi connectivity index (χ1) is 11.1. The van der Waals surface area contributed by atoms with Crippen molar-refractivity contribution in [1.82, 2.24) is 14.9 Å². The summed E-state index contributed by atoms with van der Waals surface area (Å²) in [5.74, 6) is 1.24. The molecule has 1 saturated heterocycles. The van der Waals surface area contributed by atoms with Crippen LogP contribution in [0.4, 0.5) is 0 Å². The number of aromatic amines is 1. The van der Waals surface area contributed by atoms with Crippen molar-refractivity contribution in [2.24, 2.45) is 5.92 Å². The van der Waals surface area contributed by atoms with Crippen molar-refractivity contribution in [3.05, 3.63) is 40.4 Å². The molecule has 5 nitrogen and oxygen atoms in total. The quantitative estimate of drug-likeness (QED) is 0.943. The summed E-state index contributed by atoms with van der Waals surface area (Å²) in [7, 11) is 0. The fourth-order valence-electron chi connectivity index (χ4n) is 3.42. The van der Waals surface area contributed by atoms with Gasteiger partial charge in [-0.05, 0) is 30.9 Å². The molecule has 1 N–H and O–H groups in total. The van der Waals surface area contributed by atoms with E-state index in [0.29, 0.717) is 41.5 Å². The Hall–Kier alpha value is -2.17. The molecular formula is C18H23N3O2. The molecule has 5 heteroatoms. The van der Waals surface area contributed by atoms with Crippen LogP contribution in [0, 0.1) is 5.92 Å². The first-order valence-corrected chi connectivity index (χ1v) is 8.33. The predicted octanol–water partition coefficient (Wildman–Crippen LogP) is 2.50. The summed E-state index contributed by atoms with van der Waals surface area (Å²) in [5, 5.41) is 0.585. The van der Waals surface area contributed by atoms with Gasteiger partial charge in [-0.1, -0.05) is 26.0 Å². The van der Waals surface area contributed by atoms with Crippen LogP contribution in [-0.4, -0.2) is 33.4 Å². The van der Waals surface area contributed by atoms with Crippen LogP contribution in [0.25, 0.3) is 10.9 Å². The molecule has 23 heavy (non-hydrogen) atoms. The number of rotatable bonds is 4. The highest BCUT2D eigenvalue weighted by Crippen LogP contribution is 2.24. The summed E-state index contributed by atoms with van der Waals surface area (Å²) in [6.07, 6.45) is 3.04. The Balaban J connectivity index is 1.71. The van der Waals surface area contributed by atoms with Gasteiger partial charge in [-0.15, -0.1) is 0 Å². The third kappa shape index (κ3) is 3.28. The van der Waals surface area contributed by atoms with Crippen LogP contribution in [0.1, 0.15) is 38.9 Å². The second kappa shape index (κ2) is 6.52. The molecule has 2 aromatic rings. The van der Waals surface area contributed by atoms with Crippen molar-refractivity contribution in [3.8, 4) is 0 Å². The molecule has 0 bridgehead atoms. The molecule has 1 aliphatic rings. The average molecular weight is 313 g/mol. The van der Waals surface area contributed by atoms with Gasteiger partial charge in [0.2, 0.25) is 5.91 Å².